The Morgan fingerprint density at radius 2 is 2.00 bits per heavy atom. The van der Waals surface area contributed by atoms with E-state index in [2.05, 4.69) is 15.7 Å². The van der Waals surface area contributed by atoms with E-state index >= 15 is 0 Å². The van der Waals surface area contributed by atoms with Gasteiger partial charge in [-0.3, -0.25) is 24.6 Å². The van der Waals surface area contributed by atoms with E-state index in [0.717, 1.165) is 0 Å². The number of carbonyl (C=O) groups is 2. The monoisotopic (exact) mass is 221 g/mol. The fourth-order valence-electron chi connectivity index (χ4n) is 1.47. The number of amides is 2. The Labute approximate surface area is 91.7 Å². The normalized spacial score (nSPS) is 23.1. The van der Waals surface area contributed by atoms with E-state index in [-0.39, 0.29) is 0 Å². The minimum absolute atomic E-state index is 0.421. The highest BCUT2D eigenvalue weighted by molar-refractivity contribution is 5.75. The number of hydrogen-bond acceptors (Lipinski definition) is 4. The molecular weight excluding hydrogens is 210 g/mol. The Morgan fingerprint density at radius 1 is 1.25 bits per heavy atom. The van der Waals surface area contributed by atoms with Crippen molar-refractivity contribution in [1.29, 1.82) is 0 Å². The van der Waals surface area contributed by atoms with Crippen LogP contribution in [0.1, 0.15) is 0 Å². The lowest BCUT2D eigenvalue weighted by Crippen LogP contribution is -2.50. The molecular formula is C9H11N5O2. The molecule has 0 aromatic carbocycles. The molecule has 2 N–H and O–H groups in total. The van der Waals surface area contributed by atoms with Crippen molar-refractivity contribution in [1.82, 2.24) is 14.9 Å². The van der Waals surface area contributed by atoms with Gasteiger partial charge in [0.1, 0.15) is 0 Å². The van der Waals surface area contributed by atoms with Gasteiger partial charge in [0.15, 0.2) is 12.3 Å². The predicted octanol–water partition coefficient (Wildman–Crippen LogP) is -1.07. The standard InChI is InChI=1S/C9H11N5O2/c15-6-11-8-9(13(7-16)5-10-8)12-14-3-1-2-4-14/h1-9,12H,(H,11,15)/t8-,9-/m1/s1. The highest BCUT2D eigenvalue weighted by Gasteiger charge is 2.30. The topological polar surface area (TPSA) is 78.7 Å². The van der Waals surface area contributed by atoms with Gasteiger partial charge in [0, 0.05) is 12.4 Å². The van der Waals surface area contributed by atoms with E-state index in [1.165, 1.54) is 11.2 Å². The fraction of sp³-hybridized carbons (Fsp3) is 0.222. The molecule has 1 aliphatic rings. The fourth-order valence-corrected chi connectivity index (χ4v) is 1.47. The van der Waals surface area contributed by atoms with Crippen LogP contribution in [0.25, 0.3) is 0 Å². The SMILES string of the molecule is O=CN[C@H]1N=CN(C=O)[C@H]1Nn1cccc1. The van der Waals surface area contributed by atoms with Gasteiger partial charge in [-0.2, -0.15) is 0 Å². The zero-order chi connectivity index (χ0) is 11.4. The van der Waals surface area contributed by atoms with Crippen LogP contribution in [-0.4, -0.2) is 41.1 Å². The van der Waals surface area contributed by atoms with Gasteiger partial charge in [-0.15, -0.1) is 0 Å². The molecule has 0 bridgehead atoms. The summed E-state index contributed by atoms with van der Waals surface area (Å²) in [6, 6.07) is 3.69. The molecule has 1 aliphatic heterocycles. The molecule has 7 nitrogen and oxygen atoms in total. The van der Waals surface area contributed by atoms with E-state index in [1.807, 2.05) is 12.1 Å². The van der Waals surface area contributed by atoms with E-state index in [1.54, 1.807) is 17.1 Å². The number of aromatic nitrogens is 1. The van der Waals surface area contributed by atoms with Crippen LogP contribution < -0.4 is 10.7 Å². The van der Waals surface area contributed by atoms with Crippen LogP contribution in [0, 0.1) is 0 Å². The summed E-state index contributed by atoms with van der Waals surface area (Å²) in [7, 11) is 0. The summed E-state index contributed by atoms with van der Waals surface area (Å²) < 4.78 is 1.69. The molecule has 2 rings (SSSR count). The summed E-state index contributed by atoms with van der Waals surface area (Å²) in [4.78, 5) is 26.5. The van der Waals surface area contributed by atoms with E-state index in [9.17, 15) is 9.59 Å². The molecule has 0 saturated carbocycles. The van der Waals surface area contributed by atoms with Crippen molar-refractivity contribution >= 4 is 19.2 Å². The molecule has 84 valence electrons. The van der Waals surface area contributed by atoms with Crippen molar-refractivity contribution in [2.75, 3.05) is 5.43 Å². The van der Waals surface area contributed by atoms with Crippen molar-refractivity contribution in [3.05, 3.63) is 24.5 Å². The Bertz CT molecular complexity index is 389. The zero-order valence-electron chi connectivity index (χ0n) is 8.35. The van der Waals surface area contributed by atoms with Crippen LogP contribution in [0.2, 0.25) is 0 Å². The summed E-state index contributed by atoms with van der Waals surface area (Å²) in [5.74, 6) is 0. The van der Waals surface area contributed by atoms with Crippen LogP contribution in [0.4, 0.5) is 0 Å². The van der Waals surface area contributed by atoms with Crippen molar-refractivity contribution in [2.24, 2.45) is 4.99 Å². The van der Waals surface area contributed by atoms with Gasteiger partial charge in [-0.25, -0.2) is 4.99 Å². The van der Waals surface area contributed by atoms with Crippen molar-refractivity contribution < 1.29 is 9.59 Å². The number of aliphatic imine (C=N–C) groups is 1. The second-order valence-corrected chi connectivity index (χ2v) is 3.21. The molecule has 1 aromatic rings. The van der Waals surface area contributed by atoms with Gasteiger partial charge < -0.3 is 5.32 Å². The van der Waals surface area contributed by atoms with Crippen LogP contribution in [0.3, 0.4) is 0 Å². The average molecular weight is 221 g/mol. The minimum atomic E-state index is -0.481. The maximum atomic E-state index is 10.8. The van der Waals surface area contributed by atoms with Gasteiger partial charge in [0.2, 0.25) is 12.8 Å². The zero-order valence-corrected chi connectivity index (χ0v) is 8.35. The van der Waals surface area contributed by atoms with E-state index in [4.69, 9.17) is 0 Å². The van der Waals surface area contributed by atoms with Crippen molar-refractivity contribution in [2.45, 2.75) is 12.3 Å². The summed E-state index contributed by atoms with van der Waals surface area (Å²) >= 11 is 0. The lowest BCUT2D eigenvalue weighted by molar-refractivity contribution is -0.116. The van der Waals surface area contributed by atoms with Crippen molar-refractivity contribution in [3.8, 4) is 0 Å². The first-order valence-electron chi connectivity index (χ1n) is 4.70. The van der Waals surface area contributed by atoms with E-state index < -0.39 is 12.3 Å². The van der Waals surface area contributed by atoms with Gasteiger partial charge >= 0.3 is 0 Å². The summed E-state index contributed by atoms with van der Waals surface area (Å²) in [5.41, 5.74) is 3.02. The third-order valence-electron chi connectivity index (χ3n) is 2.23. The summed E-state index contributed by atoms with van der Waals surface area (Å²) in [6.07, 6.45) is 5.27. The van der Waals surface area contributed by atoms with Gasteiger partial charge in [-0.1, -0.05) is 0 Å². The number of nitrogens with one attached hydrogen (secondary N) is 2. The summed E-state index contributed by atoms with van der Waals surface area (Å²) in [5, 5.41) is 2.52. The van der Waals surface area contributed by atoms with Gasteiger partial charge in [0.25, 0.3) is 0 Å². The Balaban J connectivity index is 2.08. The Morgan fingerprint density at radius 3 is 2.62 bits per heavy atom. The summed E-state index contributed by atoms with van der Waals surface area (Å²) in [6.45, 7) is 0. The molecule has 0 fully saturated rings. The van der Waals surface area contributed by atoms with Gasteiger partial charge in [0.05, 0.1) is 6.34 Å². The predicted molar refractivity (Wildman–Crippen MR) is 57.0 cm³/mol. The van der Waals surface area contributed by atoms with Crippen molar-refractivity contribution in [3.63, 3.8) is 0 Å². The van der Waals surface area contributed by atoms with Crippen LogP contribution in [0.15, 0.2) is 29.5 Å². The lowest BCUT2D eigenvalue weighted by Gasteiger charge is -2.25. The molecule has 1 aromatic heterocycles. The number of hydrogen-bond donors (Lipinski definition) is 2. The molecule has 0 saturated heterocycles. The molecule has 0 spiro atoms. The maximum Gasteiger partial charge on any atom is 0.216 e. The highest BCUT2D eigenvalue weighted by atomic mass is 16.1. The molecule has 2 amide bonds. The molecule has 0 radical (unpaired) electrons. The molecule has 2 heterocycles. The first kappa shape index (κ1) is 10.2. The second kappa shape index (κ2) is 4.47. The number of rotatable bonds is 5. The molecule has 0 aliphatic carbocycles. The number of nitrogens with zero attached hydrogens (tertiary/aromatic N) is 3. The van der Waals surface area contributed by atoms with Crippen LogP contribution >= 0.6 is 0 Å². The van der Waals surface area contributed by atoms with Crippen LogP contribution in [-0.2, 0) is 9.59 Å². The lowest BCUT2D eigenvalue weighted by atomic mass is 10.4. The average Bonchev–Trinajstić information content (AvgIpc) is 2.91. The molecule has 16 heavy (non-hydrogen) atoms. The second-order valence-electron chi connectivity index (χ2n) is 3.21. The minimum Gasteiger partial charge on any atom is -0.334 e. The first-order chi connectivity index (χ1) is 7.85. The largest absolute Gasteiger partial charge is 0.334 e. The van der Waals surface area contributed by atoms with Gasteiger partial charge in [-0.05, 0) is 12.1 Å². The quantitative estimate of drug-likeness (QED) is 0.621. The third-order valence-corrected chi connectivity index (χ3v) is 2.23. The Hall–Kier alpha value is -2.31. The highest BCUT2D eigenvalue weighted by Crippen LogP contribution is 2.08. The molecule has 2 atom stereocenters. The third kappa shape index (κ3) is 1.88. The number of carbonyl (C=O) groups excluding carboxylic acids is 2. The maximum absolute atomic E-state index is 10.8. The molecule has 0 unspecified atom stereocenters. The first-order valence-corrected chi connectivity index (χ1v) is 4.70. The smallest absolute Gasteiger partial charge is 0.216 e. The van der Waals surface area contributed by atoms with Crippen LogP contribution in [0.5, 0.6) is 0 Å². The molecule has 7 heteroatoms. The Kier molecular flexibility index (Phi) is 2.86. The van der Waals surface area contributed by atoms with E-state index in [0.29, 0.717) is 12.8 Å².